The first kappa shape index (κ1) is 21.5. The van der Waals surface area contributed by atoms with E-state index < -0.39 is 0 Å². The highest BCUT2D eigenvalue weighted by molar-refractivity contribution is 8.03. The maximum Gasteiger partial charge on any atom is 0.0868 e. The molecule has 0 bridgehead atoms. The molecule has 0 radical (unpaired) electrons. The Kier molecular flexibility index (Phi) is 5.22. The Balaban J connectivity index is 1.46. The van der Waals surface area contributed by atoms with E-state index in [0.717, 1.165) is 0 Å². The summed E-state index contributed by atoms with van der Waals surface area (Å²) in [7, 11) is 0. The van der Waals surface area contributed by atoms with Gasteiger partial charge in [0.15, 0.2) is 0 Å². The summed E-state index contributed by atoms with van der Waals surface area (Å²) in [5, 5.41) is 2.58. The molecule has 174 valence electrons. The van der Waals surface area contributed by atoms with E-state index in [1.165, 1.54) is 48.5 Å². The van der Waals surface area contributed by atoms with E-state index in [2.05, 4.69) is 139 Å². The molecule has 5 aromatic carbocycles. The molecule has 0 amide bonds. The lowest BCUT2D eigenvalue weighted by Gasteiger charge is -2.31. The zero-order chi connectivity index (χ0) is 24.1. The van der Waals surface area contributed by atoms with Crippen LogP contribution in [-0.4, -0.2) is 6.04 Å². The van der Waals surface area contributed by atoms with Gasteiger partial charge in [-0.2, -0.15) is 0 Å². The number of anilines is 1. The third kappa shape index (κ3) is 3.40. The molecule has 0 saturated heterocycles. The average molecular weight is 482 g/mol. The minimum Gasteiger partial charge on any atom is -0.352 e. The molecule has 2 aliphatic heterocycles. The molecular formula is C34H27NS. The first-order chi connectivity index (χ1) is 17.8. The van der Waals surface area contributed by atoms with Gasteiger partial charge in [-0.3, -0.25) is 0 Å². The van der Waals surface area contributed by atoms with Crippen LogP contribution in [0.2, 0.25) is 0 Å². The number of hydrogen-bond donors (Lipinski definition) is 0. The van der Waals surface area contributed by atoms with E-state index in [4.69, 9.17) is 0 Å². The summed E-state index contributed by atoms with van der Waals surface area (Å²) in [6.45, 7) is 2.40. The largest absolute Gasteiger partial charge is 0.352 e. The second-order valence-corrected chi connectivity index (χ2v) is 10.9. The second-order valence-electron chi connectivity index (χ2n) is 9.77. The van der Waals surface area contributed by atoms with Crippen LogP contribution in [0.4, 0.5) is 5.69 Å². The topological polar surface area (TPSA) is 3.24 Å². The molecule has 0 saturated carbocycles. The van der Waals surface area contributed by atoms with Gasteiger partial charge in [0.1, 0.15) is 0 Å². The summed E-state index contributed by atoms with van der Waals surface area (Å²) in [6.07, 6.45) is 0. The standard InChI is InChI=1S/C34H27NS/c1-23-29-18-10-11-19-30(29)35-32(23)31(25-13-4-2-5-14-25)34(33(35)26-15-6-3-7-16-26)36-28-21-20-24-12-8-9-17-27(24)22-28/h2-23,32-33H,1H3/t23-,32-,33-/m1/s1. The van der Waals surface area contributed by atoms with Gasteiger partial charge in [-0.25, -0.2) is 0 Å². The predicted octanol–water partition coefficient (Wildman–Crippen LogP) is 9.09. The van der Waals surface area contributed by atoms with Crippen molar-refractivity contribution in [3.63, 3.8) is 0 Å². The summed E-state index contributed by atoms with van der Waals surface area (Å²) in [4.78, 5) is 5.43. The van der Waals surface area contributed by atoms with Crippen molar-refractivity contribution < 1.29 is 0 Å². The minimum atomic E-state index is 0.175. The van der Waals surface area contributed by atoms with Gasteiger partial charge in [0, 0.05) is 21.4 Å². The molecule has 3 atom stereocenters. The number of thioether (sulfide) groups is 1. The molecule has 0 unspecified atom stereocenters. The molecule has 36 heavy (non-hydrogen) atoms. The summed E-state index contributed by atoms with van der Waals surface area (Å²) >= 11 is 1.94. The molecule has 0 fully saturated rings. The van der Waals surface area contributed by atoms with Crippen molar-refractivity contribution in [1.29, 1.82) is 0 Å². The lowest BCUT2D eigenvalue weighted by Crippen LogP contribution is -2.31. The Morgan fingerprint density at radius 1 is 0.639 bits per heavy atom. The Morgan fingerprint density at radius 3 is 2.11 bits per heavy atom. The molecule has 2 aliphatic rings. The van der Waals surface area contributed by atoms with Crippen LogP contribution in [0.25, 0.3) is 16.3 Å². The van der Waals surface area contributed by atoms with Crippen LogP contribution in [-0.2, 0) is 0 Å². The minimum absolute atomic E-state index is 0.175. The van der Waals surface area contributed by atoms with Crippen LogP contribution < -0.4 is 4.90 Å². The molecule has 7 rings (SSSR count). The zero-order valence-electron chi connectivity index (χ0n) is 20.2. The number of para-hydroxylation sites is 1. The van der Waals surface area contributed by atoms with Crippen LogP contribution in [0.15, 0.2) is 137 Å². The van der Waals surface area contributed by atoms with Gasteiger partial charge in [0.05, 0.1) is 12.1 Å². The third-order valence-electron chi connectivity index (χ3n) is 7.72. The Morgan fingerprint density at radius 2 is 1.31 bits per heavy atom. The Labute approximate surface area is 217 Å². The van der Waals surface area contributed by atoms with Gasteiger partial charge in [-0.15, -0.1) is 0 Å². The third-order valence-corrected chi connectivity index (χ3v) is 8.87. The smallest absolute Gasteiger partial charge is 0.0868 e. The van der Waals surface area contributed by atoms with Gasteiger partial charge in [0.2, 0.25) is 0 Å². The molecule has 2 heterocycles. The fraction of sp³-hybridized carbons (Fsp3) is 0.118. The number of nitrogens with zero attached hydrogens (tertiary/aromatic N) is 1. The highest BCUT2D eigenvalue weighted by Crippen LogP contribution is 2.60. The summed E-state index contributed by atoms with van der Waals surface area (Å²) in [6, 6.07) is 47.1. The summed E-state index contributed by atoms with van der Waals surface area (Å²) < 4.78 is 0. The molecule has 5 aromatic rings. The molecule has 2 heteroatoms. The van der Waals surface area contributed by atoms with Crippen LogP contribution in [0, 0.1) is 0 Å². The summed E-state index contributed by atoms with van der Waals surface area (Å²) in [5.74, 6) is 0.414. The van der Waals surface area contributed by atoms with E-state index in [1.807, 2.05) is 11.8 Å². The van der Waals surface area contributed by atoms with Crippen molar-refractivity contribution in [2.75, 3.05) is 4.90 Å². The van der Waals surface area contributed by atoms with Crippen LogP contribution >= 0.6 is 11.8 Å². The van der Waals surface area contributed by atoms with Crippen molar-refractivity contribution >= 4 is 33.8 Å². The van der Waals surface area contributed by atoms with Crippen molar-refractivity contribution in [2.24, 2.45) is 0 Å². The normalized spacial score (nSPS) is 20.6. The van der Waals surface area contributed by atoms with E-state index in [0.29, 0.717) is 12.0 Å². The lowest BCUT2D eigenvalue weighted by atomic mass is 9.89. The number of rotatable bonds is 4. The van der Waals surface area contributed by atoms with E-state index in [-0.39, 0.29) is 6.04 Å². The highest BCUT2D eigenvalue weighted by Gasteiger charge is 2.49. The van der Waals surface area contributed by atoms with Crippen molar-refractivity contribution in [2.45, 2.75) is 29.8 Å². The Bertz CT molecular complexity index is 1590. The van der Waals surface area contributed by atoms with Crippen LogP contribution in [0.5, 0.6) is 0 Å². The second kappa shape index (κ2) is 8.72. The van der Waals surface area contributed by atoms with Gasteiger partial charge >= 0.3 is 0 Å². The number of fused-ring (bicyclic) bond motifs is 4. The molecule has 0 aliphatic carbocycles. The van der Waals surface area contributed by atoms with Crippen LogP contribution in [0.3, 0.4) is 0 Å². The molecule has 0 spiro atoms. The lowest BCUT2D eigenvalue weighted by molar-refractivity contribution is 0.649. The Hall–Kier alpha value is -3.75. The maximum atomic E-state index is 2.70. The predicted molar refractivity (Wildman–Crippen MR) is 153 cm³/mol. The fourth-order valence-corrected chi connectivity index (χ4v) is 7.41. The van der Waals surface area contributed by atoms with Gasteiger partial charge < -0.3 is 4.90 Å². The van der Waals surface area contributed by atoms with Crippen LogP contribution in [0.1, 0.15) is 35.6 Å². The van der Waals surface area contributed by atoms with E-state index in [1.54, 1.807) is 0 Å². The molecule has 0 N–H and O–H groups in total. The molecule has 0 aromatic heterocycles. The average Bonchev–Trinajstić information content (AvgIpc) is 3.42. The maximum absolute atomic E-state index is 2.70. The highest BCUT2D eigenvalue weighted by atomic mass is 32.2. The van der Waals surface area contributed by atoms with Gasteiger partial charge in [-0.1, -0.05) is 128 Å². The van der Waals surface area contributed by atoms with Gasteiger partial charge in [-0.05, 0) is 51.2 Å². The molecular weight excluding hydrogens is 454 g/mol. The van der Waals surface area contributed by atoms with Gasteiger partial charge in [0.25, 0.3) is 0 Å². The van der Waals surface area contributed by atoms with E-state index in [9.17, 15) is 0 Å². The molecule has 1 nitrogen and oxygen atoms in total. The van der Waals surface area contributed by atoms with E-state index >= 15 is 0 Å². The van der Waals surface area contributed by atoms with Crippen molar-refractivity contribution in [3.05, 3.63) is 149 Å². The number of benzene rings is 5. The van der Waals surface area contributed by atoms with Crippen molar-refractivity contribution in [3.8, 4) is 0 Å². The quantitative estimate of drug-likeness (QED) is 0.252. The monoisotopic (exact) mass is 481 g/mol. The summed E-state index contributed by atoms with van der Waals surface area (Å²) in [5.41, 5.74) is 6.96. The first-order valence-electron chi connectivity index (χ1n) is 12.7. The van der Waals surface area contributed by atoms with Crippen molar-refractivity contribution in [1.82, 2.24) is 0 Å². The fourth-order valence-electron chi connectivity index (χ4n) is 6.12. The first-order valence-corrected chi connectivity index (χ1v) is 13.5. The SMILES string of the molecule is C[C@@H]1c2ccccc2N2[C@H](c3ccccc3)C(Sc3ccc4ccccc4c3)=C(c3ccccc3)[C@@H]12. The number of hydrogen-bond acceptors (Lipinski definition) is 2. The zero-order valence-corrected chi connectivity index (χ0v) is 21.0.